The number of nitrogens with one attached hydrogen (secondary N) is 1. The summed E-state index contributed by atoms with van der Waals surface area (Å²) in [6, 6.07) is 22.5. The Morgan fingerprint density at radius 3 is 2.48 bits per heavy atom. The molecule has 0 aliphatic heterocycles. The molecule has 0 saturated heterocycles. The quantitative estimate of drug-likeness (QED) is 0.652. The van der Waals surface area contributed by atoms with Crippen LogP contribution in [-0.4, -0.2) is 13.2 Å². The van der Waals surface area contributed by atoms with E-state index in [0.717, 1.165) is 27.8 Å². The summed E-state index contributed by atoms with van der Waals surface area (Å²) in [5.41, 5.74) is 1.10. The van der Waals surface area contributed by atoms with Gasteiger partial charge >= 0.3 is 0 Å². The minimum absolute atomic E-state index is 0.629. The molecular weight excluding hydrogens is 326 g/mol. The molecule has 0 heterocycles. The van der Waals surface area contributed by atoms with Crippen LogP contribution < -0.4 is 10.1 Å². The van der Waals surface area contributed by atoms with Crippen LogP contribution in [0.1, 0.15) is 0 Å². The van der Waals surface area contributed by atoms with E-state index in [4.69, 9.17) is 4.74 Å². The molecule has 0 fully saturated rings. The topological polar surface area (TPSA) is 21.3 Å². The van der Waals surface area contributed by atoms with Crippen LogP contribution >= 0.6 is 15.9 Å². The zero-order valence-electron chi connectivity index (χ0n) is 11.6. The minimum atomic E-state index is 0.629. The summed E-state index contributed by atoms with van der Waals surface area (Å²) in [4.78, 5) is 0. The van der Waals surface area contributed by atoms with Gasteiger partial charge in [0.25, 0.3) is 0 Å². The first-order valence-electron chi connectivity index (χ1n) is 6.93. The Hall–Kier alpha value is -2.00. The molecule has 0 radical (unpaired) electrons. The van der Waals surface area contributed by atoms with Gasteiger partial charge in [-0.2, -0.15) is 0 Å². The van der Waals surface area contributed by atoms with Gasteiger partial charge in [0.2, 0.25) is 0 Å². The van der Waals surface area contributed by atoms with Gasteiger partial charge in [-0.25, -0.2) is 0 Å². The van der Waals surface area contributed by atoms with Gasteiger partial charge in [-0.15, -0.1) is 0 Å². The number of anilines is 1. The highest BCUT2D eigenvalue weighted by molar-refractivity contribution is 9.10. The predicted molar refractivity (Wildman–Crippen MR) is 92.1 cm³/mol. The lowest BCUT2D eigenvalue weighted by Crippen LogP contribution is -2.11. The third-order valence-electron chi connectivity index (χ3n) is 3.28. The van der Waals surface area contributed by atoms with Gasteiger partial charge in [0, 0.05) is 22.1 Å². The standard InChI is InChI=1S/C18H16BrNO/c19-15-8-10-16(11-9-15)20-12-13-21-18-7-3-5-14-4-1-2-6-17(14)18/h1-11,20H,12-13H2. The molecule has 0 bridgehead atoms. The van der Waals surface area contributed by atoms with Crippen LogP contribution in [0.5, 0.6) is 5.75 Å². The molecule has 0 saturated carbocycles. The van der Waals surface area contributed by atoms with E-state index in [1.165, 1.54) is 5.39 Å². The van der Waals surface area contributed by atoms with Gasteiger partial charge in [0.1, 0.15) is 12.4 Å². The van der Waals surface area contributed by atoms with Gasteiger partial charge < -0.3 is 10.1 Å². The van der Waals surface area contributed by atoms with Crippen LogP contribution in [0.3, 0.4) is 0 Å². The number of benzene rings is 3. The van der Waals surface area contributed by atoms with Gasteiger partial charge in [-0.1, -0.05) is 52.3 Å². The van der Waals surface area contributed by atoms with Crippen molar-refractivity contribution in [2.24, 2.45) is 0 Å². The number of hydrogen-bond acceptors (Lipinski definition) is 2. The van der Waals surface area contributed by atoms with Crippen LogP contribution in [0.4, 0.5) is 5.69 Å². The molecule has 3 rings (SSSR count). The van der Waals surface area contributed by atoms with E-state index in [9.17, 15) is 0 Å². The fourth-order valence-electron chi connectivity index (χ4n) is 2.25. The maximum atomic E-state index is 5.89. The Balaban J connectivity index is 1.58. The van der Waals surface area contributed by atoms with E-state index in [0.29, 0.717) is 6.61 Å². The summed E-state index contributed by atoms with van der Waals surface area (Å²) in [5, 5.41) is 5.70. The summed E-state index contributed by atoms with van der Waals surface area (Å²) >= 11 is 3.43. The lowest BCUT2D eigenvalue weighted by atomic mass is 10.1. The summed E-state index contributed by atoms with van der Waals surface area (Å²) in [6.45, 7) is 1.40. The Bertz CT molecular complexity index is 719. The number of ether oxygens (including phenoxy) is 1. The van der Waals surface area contributed by atoms with Crippen LogP contribution in [0, 0.1) is 0 Å². The molecule has 21 heavy (non-hydrogen) atoms. The number of hydrogen-bond donors (Lipinski definition) is 1. The Morgan fingerprint density at radius 2 is 1.62 bits per heavy atom. The SMILES string of the molecule is Brc1ccc(NCCOc2cccc3ccccc23)cc1. The number of fused-ring (bicyclic) bond motifs is 1. The van der Waals surface area contributed by atoms with E-state index in [2.05, 4.69) is 39.4 Å². The molecule has 3 aromatic rings. The van der Waals surface area contributed by atoms with Crippen molar-refractivity contribution in [1.82, 2.24) is 0 Å². The van der Waals surface area contributed by atoms with Crippen molar-refractivity contribution in [3.05, 3.63) is 71.2 Å². The Kier molecular flexibility index (Phi) is 4.41. The summed E-state index contributed by atoms with van der Waals surface area (Å²) in [6.07, 6.45) is 0. The van der Waals surface area contributed by atoms with Crippen molar-refractivity contribution in [2.45, 2.75) is 0 Å². The van der Waals surface area contributed by atoms with Gasteiger partial charge in [-0.05, 0) is 35.7 Å². The molecule has 0 aromatic heterocycles. The lowest BCUT2D eigenvalue weighted by Gasteiger charge is -2.10. The highest BCUT2D eigenvalue weighted by Gasteiger charge is 2.00. The monoisotopic (exact) mass is 341 g/mol. The summed E-state index contributed by atoms with van der Waals surface area (Å²) in [5.74, 6) is 0.936. The molecule has 2 nitrogen and oxygen atoms in total. The van der Waals surface area contributed by atoms with Gasteiger partial charge in [0.15, 0.2) is 0 Å². The number of rotatable bonds is 5. The van der Waals surface area contributed by atoms with Crippen molar-refractivity contribution >= 4 is 32.4 Å². The zero-order valence-corrected chi connectivity index (χ0v) is 13.1. The first-order valence-corrected chi connectivity index (χ1v) is 7.72. The van der Waals surface area contributed by atoms with Crippen molar-refractivity contribution in [3.8, 4) is 5.75 Å². The smallest absolute Gasteiger partial charge is 0.127 e. The van der Waals surface area contributed by atoms with E-state index >= 15 is 0 Å². The maximum absolute atomic E-state index is 5.89. The molecule has 1 N–H and O–H groups in total. The first-order chi connectivity index (χ1) is 10.3. The minimum Gasteiger partial charge on any atom is -0.491 e. The molecule has 3 aromatic carbocycles. The van der Waals surface area contributed by atoms with Crippen molar-refractivity contribution in [3.63, 3.8) is 0 Å². The molecule has 0 atom stereocenters. The average Bonchev–Trinajstić information content (AvgIpc) is 2.53. The summed E-state index contributed by atoms with van der Waals surface area (Å²) in [7, 11) is 0. The van der Waals surface area contributed by atoms with E-state index in [1.807, 2.05) is 48.5 Å². The Labute approximate surface area is 132 Å². The largest absolute Gasteiger partial charge is 0.491 e. The average molecular weight is 342 g/mol. The Morgan fingerprint density at radius 1 is 0.857 bits per heavy atom. The third kappa shape index (κ3) is 3.56. The lowest BCUT2D eigenvalue weighted by molar-refractivity contribution is 0.337. The molecule has 0 amide bonds. The van der Waals surface area contributed by atoms with Crippen molar-refractivity contribution < 1.29 is 4.74 Å². The highest BCUT2D eigenvalue weighted by atomic mass is 79.9. The van der Waals surface area contributed by atoms with Crippen molar-refractivity contribution in [2.75, 3.05) is 18.5 Å². The summed E-state index contributed by atoms with van der Waals surface area (Å²) < 4.78 is 6.98. The van der Waals surface area contributed by atoms with Crippen LogP contribution in [0.2, 0.25) is 0 Å². The van der Waals surface area contributed by atoms with E-state index in [-0.39, 0.29) is 0 Å². The van der Waals surface area contributed by atoms with Crippen LogP contribution in [-0.2, 0) is 0 Å². The molecule has 106 valence electrons. The second-order valence-electron chi connectivity index (χ2n) is 4.76. The molecule has 3 heteroatoms. The molecule has 0 spiro atoms. The maximum Gasteiger partial charge on any atom is 0.127 e. The van der Waals surface area contributed by atoms with Gasteiger partial charge in [0.05, 0.1) is 0 Å². The first kappa shape index (κ1) is 14.0. The fourth-order valence-corrected chi connectivity index (χ4v) is 2.51. The molecule has 0 aliphatic rings. The second kappa shape index (κ2) is 6.64. The number of halogens is 1. The predicted octanol–water partition coefficient (Wildman–Crippen LogP) is 5.09. The van der Waals surface area contributed by atoms with Crippen molar-refractivity contribution in [1.29, 1.82) is 0 Å². The fraction of sp³-hybridized carbons (Fsp3) is 0.111. The highest BCUT2D eigenvalue weighted by Crippen LogP contribution is 2.25. The molecule has 0 unspecified atom stereocenters. The normalized spacial score (nSPS) is 10.5. The van der Waals surface area contributed by atoms with E-state index < -0.39 is 0 Å². The second-order valence-corrected chi connectivity index (χ2v) is 5.68. The zero-order chi connectivity index (χ0) is 14.5. The van der Waals surface area contributed by atoms with E-state index in [1.54, 1.807) is 0 Å². The molecular formula is C18H16BrNO. The van der Waals surface area contributed by atoms with Crippen LogP contribution in [0.25, 0.3) is 10.8 Å². The van der Waals surface area contributed by atoms with Gasteiger partial charge in [-0.3, -0.25) is 0 Å². The third-order valence-corrected chi connectivity index (χ3v) is 3.81. The van der Waals surface area contributed by atoms with Crippen LogP contribution in [0.15, 0.2) is 71.2 Å². The molecule has 0 aliphatic carbocycles.